The Morgan fingerprint density at radius 1 is 1.10 bits per heavy atom. The van der Waals surface area contributed by atoms with Gasteiger partial charge in [0.2, 0.25) is 0 Å². The number of hydrogen-bond donors (Lipinski definition) is 1. The minimum Gasteiger partial charge on any atom is -0.385 e. The summed E-state index contributed by atoms with van der Waals surface area (Å²) in [4.78, 5) is 0. The van der Waals surface area contributed by atoms with E-state index in [0.29, 0.717) is 6.42 Å². The molecule has 0 aromatic heterocycles. The lowest BCUT2D eigenvalue weighted by molar-refractivity contribution is 0.0575. The molecule has 3 heteroatoms. The molecule has 0 heterocycles. The van der Waals surface area contributed by atoms with Gasteiger partial charge in [-0.15, -0.1) is 0 Å². The lowest BCUT2D eigenvalue weighted by Gasteiger charge is -2.25. The van der Waals surface area contributed by atoms with Crippen molar-refractivity contribution in [3.8, 4) is 0 Å². The second-order valence-electron chi connectivity index (χ2n) is 5.50. The zero-order valence-corrected chi connectivity index (χ0v) is 12.6. The van der Waals surface area contributed by atoms with E-state index in [-0.39, 0.29) is 5.02 Å². The molecule has 1 unspecified atom stereocenters. The minimum atomic E-state index is -1.01. The fourth-order valence-electron chi connectivity index (χ4n) is 2.23. The normalized spacial score (nSPS) is 14.1. The van der Waals surface area contributed by atoms with E-state index in [1.807, 2.05) is 32.0 Å². The molecule has 0 bridgehead atoms. The summed E-state index contributed by atoms with van der Waals surface area (Å²) < 4.78 is 13.2. The Kier molecular flexibility index (Phi) is 4.17. The second-order valence-corrected chi connectivity index (χ2v) is 5.91. The molecule has 2 aromatic rings. The molecule has 0 radical (unpaired) electrons. The van der Waals surface area contributed by atoms with Gasteiger partial charge in [-0.05, 0) is 55.2 Å². The quantitative estimate of drug-likeness (QED) is 0.880. The van der Waals surface area contributed by atoms with E-state index in [2.05, 4.69) is 0 Å². The van der Waals surface area contributed by atoms with Crippen LogP contribution < -0.4 is 0 Å². The predicted molar refractivity (Wildman–Crippen MR) is 80.6 cm³/mol. The van der Waals surface area contributed by atoms with Gasteiger partial charge in [0, 0.05) is 6.42 Å². The van der Waals surface area contributed by atoms with Gasteiger partial charge in [-0.2, -0.15) is 0 Å². The van der Waals surface area contributed by atoms with Gasteiger partial charge in [-0.3, -0.25) is 0 Å². The van der Waals surface area contributed by atoms with E-state index < -0.39 is 11.4 Å². The zero-order chi connectivity index (χ0) is 14.9. The fraction of sp³-hybridized carbons (Fsp3) is 0.294. The molecule has 0 aliphatic rings. The molecule has 1 nitrogen and oxygen atoms in total. The Labute approximate surface area is 124 Å². The van der Waals surface area contributed by atoms with Crippen LogP contribution >= 0.6 is 11.6 Å². The van der Waals surface area contributed by atoms with Crippen LogP contribution in [-0.2, 0) is 12.0 Å². The molecule has 0 aliphatic heterocycles. The summed E-state index contributed by atoms with van der Waals surface area (Å²) in [5, 5.41) is 10.8. The first kappa shape index (κ1) is 15.0. The maximum absolute atomic E-state index is 13.2. The summed E-state index contributed by atoms with van der Waals surface area (Å²) in [5.74, 6) is -0.443. The van der Waals surface area contributed by atoms with E-state index in [1.165, 1.54) is 11.6 Å². The number of rotatable bonds is 3. The molecule has 106 valence electrons. The molecule has 0 saturated heterocycles. The van der Waals surface area contributed by atoms with Crippen LogP contribution in [0.5, 0.6) is 0 Å². The number of aryl methyl sites for hydroxylation is 2. The predicted octanol–water partition coefficient (Wildman–Crippen LogP) is 4.55. The van der Waals surface area contributed by atoms with Crippen LogP contribution in [0.25, 0.3) is 0 Å². The highest BCUT2D eigenvalue weighted by atomic mass is 35.5. The van der Waals surface area contributed by atoms with Crippen LogP contribution in [-0.4, -0.2) is 5.11 Å². The Bertz CT molecular complexity index is 635. The van der Waals surface area contributed by atoms with Gasteiger partial charge in [0.05, 0.1) is 10.6 Å². The van der Waals surface area contributed by atoms with Crippen molar-refractivity contribution in [1.82, 2.24) is 0 Å². The van der Waals surface area contributed by atoms with Gasteiger partial charge in [0.15, 0.2) is 0 Å². The smallest absolute Gasteiger partial charge is 0.141 e. The minimum absolute atomic E-state index is 0.0818. The summed E-state index contributed by atoms with van der Waals surface area (Å²) >= 11 is 5.78. The maximum Gasteiger partial charge on any atom is 0.141 e. The number of aliphatic hydroxyl groups is 1. The first-order valence-electron chi connectivity index (χ1n) is 6.53. The van der Waals surface area contributed by atoms with Crippen molar-refractivity contribution in [2.24, 2.45) is 0 Å². The molecule has 0 saturated carbocycles. The lowest BCUT2D eigenvalue weighted by atomic mass is 9.87. The van der Waals surface area contributed by atoms with Crippen molar-refractivity contribution in [2.75, 3.05) is 0 Å². The highest BCUT2D eigenvalue weighted by Gasteiger charge is 2.24. The fourth-order valence-corrected chi connectivity index (χ4v) is 2.43. The Balaban J connectivity index is 2.29. The Morgan fingerprint density at radius 2 is 1.80 bits per heavy atom. The van der Waals surface area contributed by atoms with Gasteiger partial charge in [-0.25, -0.2) is 4.39 Å². The third-order valence-corrected chi connectivity index (χ3v) is 3.95. The van der Waals surface area contributed by atoms with Crippen LogP contribution in [0, 0.1) is 19.7 Å². The Hall–Kier alpha value is -1.38. The molecule has 2 aromatic carbocycles. The summed E-state index contributed by atoms with van der Waals surface area (Å²) in [5.41, 5.74) is 2.97. The largest absolute Gasteiger partial charge is 0.385 e. The molecule has 0 spiro atoms. The van der Waals surface area contributed by atoms with E-state index in [0.717, 1.165) is 16.7 Å². The van der Waals surface area contributed by atoms with Gasteiger partial charge in [0.1, 0.15) is 5.82 Å². The first-order chi connectivity index (χ1) is 9.29. The van der Waals surface area contributed by atoms with Crippen molar-refractivity contribution in [3.05, 3.63) is 69.5 Å². The summed E-state index contributed by atoms with van der Waals surface area (Å²) in [6, 6.07) is 10.4. The van der Waals surface area contributed by atoms with E-state index in [9.17, 15) is 9.50 Å². The number of halogens is 2. The van der Waals surface area contributed by atoms with Gasteiger partial charge in [0.25, 0.3) is 0 Å². The van der Waals surface area contributed by atoms with E-state index in [1.54, 1.807) is 19.1 Å². The van der Waals surface area contributed by atoms with E-state index in [4.69, 9.17) is 11.6 Å². The van der Waals surface area contributed by atoms with Crippen LogP contribution in [0.3, 0.4) is 0 Å². The van der Waals surface area contributed by atoms with Crippen molar-refractivity contribution in [2.45, 2.75) is 32.8 Å². The number of benzene rings is 2. The van der Waals surface area contributed by atoms with Gasteiger partial charge >= 0.3 is 0 Å². The third kappa shape index (κ3) is 3.20. The Morgan fingerprint density at radius 3 is 2.40 bits per heavy atom. The summed E-state index contributed by atoms with van der Waals surface area (Å²) in [7, 11) is 0. The first-order valence-corrected chi connectivity index (χ1v) is 6.91. The van der Waals surface area contributed by atoms with E-state index >= 15 is 0 Å². The molecule has 0 aliphatic carbocycles. The van der Waals surface area contributed by atoms with Crippen LogP contribution in [0.1, 0.15) is 29.2 Å². The standard InChI is InChI=1S/C17H18ClFO/c1-11-4-6-14(8-12(11)2)17(3,20)10-13-5-7-16(19)15(18)9-13/h4-9,20H,10H2,1-3H3. The average molecular weight is 293 g/mol. The third-order valence-electron chi connectivity index (χ3n) is 3.66. The van der Waals surface area contributed by atoms with Crippen LogP contribution in [0.4, 0.5) is 4.39 Å². The molecular formula is C17H18ClFO. The summed E-state index contributed by atoms with van der Waals surface area (Å²) in [6.45, 7) is 5.81. The van der Waals surface area contributed by atoms with Crippen molar-refractivity contribution in [1.29, 1.82) is 0 Å². The van der Waals surface area contributed by atoms with Crippen LogP contribution in [0.2, 0.25) is 5.02 Å². The molecule has 1 atom stereocenters. The van der Waals surface area contributed by atoms with Crippen molar-refractivity contribution < 1.29 is 9.50 Å². The monoisotopic (exact) mass is 292 g/mol. The summed E-state index contributed by atoms with van der Waals surface area (Å²) in [6.07, 6.45) is 0.384. The maximum atomic E-state index is 13.2. The van der Waals surface area contributed by atoms with Gasteiger partial charge in [-0.1, -0.05) is 35.9 Å². The SMILES string of the molecule is Cc1ccc(C(C)(O)Cc2ccc(F)c(Cl)c2)cc1C. The molecule has 1 N–H and O–H groups in total. The topological polar surface area (TPSA) is 20.2 Å². The molecular weight excluding hydrogens is 275 g/mol. The highest BCUT2D eigenvalue weighted by molar-refractivity contribution is 6.30. The average Bonchev–Trinajstić information content (AvgIpc) is 2.37. The highest BCUT2D eigenvalue weighted by Crippen LogP contribution is 2.28. The zero-order valence-electron chi connectivity index (χ0n) is 11.9. The molecule has 0 fully saturated rings. The second kappa shape index (κ2) is 5.55. The molecule has 20 heavy (non-hydrogen) atoms. The lowest BCUT2D eigenvalue weighted by Crippen LogP contribution is -2.24. The molecule has 0 amide bonds. The number of hydrogen-bond acceptors (Lipinski definition) is 1. The van der Waals surface area contributed by atoms with Crippen LogP contribution in [0.15, 0.2) is 36.4 Å². The van der Waals surface area contributed by atoms with Crippen molar-refractivity contribution in [3.63, 3.8) is 0 Å². The van der Waals surface area contributed by atoms with Crippen molar-refractivity contribution >= 4 is 11.6 Å². The molecule has 2 rings (SSSR count). The van der Waals surface area contributed by atoms with Gasteiger partial charge < -0.3 is 5.11 Å².